The number of amides is 1. The number of hydrogen-bond acceptors (Lipinski definition) is 4. The van der Waals surface area contributed by atoms with Gasteiger partial charge >= 0.3 is 0 Å². The highest BCUT2D eigenvalue weighted by Crippen LogP contribution is 2.14. The highest BCUT2D eigenvalue weighted by Gasteiger charge is 2.23. The molecule has 106 valence electrons. The van der Waals surface area contributed by atoms with Gasteiger partial charge in [0.25, 0.3) is 0 Å². The molecular formula is C13H27N3O2. The molecule has 0 saturated carbocycles. The Hall–Kier alpha value is -0.650. The summed E-state index contributed by atoms with van der Waals surface area (Å²) in [6.45, 7) is 5.95. The van der Waals surface area contributed by atoms with E-state index in [1.54, 1.807) is 0 Å². The number of likely N-dealkylation sites (N-methyl/N-ethyl adjacent to an activating group) is 1. The fourth-order valence-electron chi connectivity index (χ4n) is 2.03. The molecule has 5 heteroatoms. The summed E-state index contributed by atoms with van der Waals surface area (Å²) >= 11 is 0. The van der Waals surface area contributed by atoms with Crippen LogP contribution in [0.2, 0.25) is 0 Å². The van der Waals surface area contributed by atoms with Crippen molar-refractivity contribution < 1.29 is 9.53 Å². The number of piperidine rings is 1. The summed E-state index contributed by atoms with van der Waals surface area (Å²) in [5, 5.41) is 6.18. The van der Waals surface area contributed by atoms with Crippen LogP contribution >= 0.6 is 0 Å². The molecule has 1 fully saturated rings. The molecule has 1 saturated heterocycles. The SMILES string of the molecule is CC1CCNC(C(=O)NCCOCCN(C)C)C1. The van der Waals surface area contributed by atoms with Crippen molar-refractivity contribution in [2.24, 2.45) is 5.92 Å². The Labute approximate surface area is 110 Å². The minimum Gasteiger partial charge on any atom is -0.378 e. The van der Waals surface area contributed by atoms with Crippen molar-refractivity contribution >= 4 is 5.91 Å². The number of carbonyl (C=O) groups is 1. The predicted octanol–water partition coefficient (Wildman–Crippen LogP) is 0.0689. The lowest BCUT2D eigenvalue weighted by molar-refractivity contribution is -0.124. The Morgan fingerprint density at radius 2 is 2.22 bits per heavy atom. The summed E-state index contributed by atoms with van der Waals surface area (Å²) < 4.78 is 5.43. The Bertz CT molecular complexity index is 246. The molecule has 2 atom stereocenters. The zero-order valence-corrected chi connectivity index (χ0v) is 11.9. The lowest BCUT2D eigenvalue weighted by Crippen LogP contribution is -2.49. The molecule has 5 nitrogen and oxygen atoms in total. The summed E-state index contributed by atoms with van der Waals surface area (Å²) in [5.74, 6) is 0.746. The van der Waals surface area contributed by atoms with E-state index in [2.05, 4.69) is 22.5 Å². The molecular weight excluding hydrogens is 230 g/mol. The zero-order chi connectivity index (χ0) is 13.4. The second kappa shape index (κ2) is 8.45. The molecule has 0 aromatic carbocycles. The van der Waals surface area contributed by atoms with Crippen molar-refractivity contribution in [2.75, 3.05) is 46.9 Å². The van der Waals surface area contributed by atoms with Gasteiger partial charge in [0.1, 0.15) is 0 Å². The standard InChI is InChI=1S/C13H27N3O2/c1-11-4-5-14-12(10-11)13(17)15-6-8-18-9-7-16(2)3/h11-12,14H,4-10H2,1-3H3,(H,15,17). The summed E-state index contributed by atoms with van der Waals surface area (Å²) in [6, 6.07) is -0.0180. The van der Waals surface area contributed by atoms with Crippen LogP contribution in [-0.4, -0.2) is 63.8 Å². The van der Waals surface area contributed by atoms with Crippen LogP contribution in [-0.2, 0) is 9.53 Å². The molecule has 1 aliphatic rings. The summed E-state index contributed by atoms with van der Waals surface area (Å²) in [5.41, 5.74) is 0. The molecule has 2 unspecified atom stereocenters. The first-order valence-corrected chi connectivity index (χ1v) is 6.83. The topological polar surface area (TPSA) is 53.6 Å². The molecule has 1 amide bonds. The molecule has 2 N–H and O–H groups in total. The van der Waals surface area contributed by atoms with Crippen molar-refractivity contribution in [3.8, 4) is 0 Å². The highest BCUT2D eigenvalue weighted by atomic mass is 16.5. The van der Waals surface area contributed by atoms with E-state index in [0.717, 1.165) is 25.9 Å². The number of nitrogens with one attached hydrogen (secondary N) is 2. The average Bonchev–Trinajstić information content (AvgIpc) is 2.33. The minimum atomic E-state index is -0.0180. The average molecular weight is 257 g/mol. The van der Waals surface area contributed by atoms with E-state index in [4.69, 9.17) is 4.74 Å². The molecule has 0 aromatic rings. The summed E-state index contributed by atoms with van der Waals surface area (Å²) in [7, 11) is 4.03. The van der Waals surface area contributed by atoms with Gasteiger partial charge < -0.3 is 20.3 Å². The van der Waals surface area contributed by atoms with Gasteiger partial charge in [0, 0.05) is 13.1 Å². The molecule has 0 radical (unpaired) electrons. The molecule has 0 spiro atoms. The van der Waals surface area contributed by atoms with Crippen LogP contribution in [0.25, 0.3) is 0 Å². The van der Waals surface area contributed by atoms with Gasteiger partial charge in [-0.1, -0.05) is 6.92 Å². The van der Waals surface area contributed by atoms with Gasteiger partial charge in [-0.25, -0.2) is 0 Å². The maximum absolute atomic E-state index is 11.8. The van der Waals surface area contributed by atoms with E-state index in [0.29, 0.717) is 25.7 Å². The zero-order valence-electron chi connectivity index (χ0n) is 11.9. The van der Waals surface area contributed by atoms with Crippen molar-refractivity contribution in [1.82, 2.24) is 15.5 Å². The Morgan fingerprint density at radius 1 is 1.44 bits per heavy atom. The van der Waals surface area contributed by atoms with Gasteiger partial charge in [-0.15, -0.1) is 0 Å². The second-order valence-electron chi connectivity index (χ2n) is 5.34. The summed E-state index contributed by atoms with van der Waals surface area (Å²) in [4.78, 5) is 13.9. The van der Waals surface area contributed by atoms with Crippen molar-refractivity contribution in [2.45, 2.75) is 25.8 Å². The van der Waals surface area contributed by atoms with Crippen LogP contribution in [0.4, 0.5) is 0 Å². The molecule has 1 heterocycles. The lowest BCUT2D eigenvalue weighted by Gasteiger charge is -2.27. The normalized spacial score (nSPS) is 24.2. The van der Waals surface area contributed by atoms with Gasteiger partial charge in [-0.05, 0) is 39.4 Å². The van der Waals surface area contributed by atoms with Crippen LogP contribution in [0.15, 0.2) is 0 Å². The van der Waals surface area contributed by atoms with E-state index >= 15 is 0 Å². The van der Waals surface area contributed by atoms with E-state index in [1.807, 2.05) is 14.1 Å². The van der Waals surface area contributed by atoms with Gasteiger partial charge in [0.2, 0.25) is 5.91 Å². The molecule has 1 aliphatic heterocycles. The monoisotopic (exact) mass is 257 g/mol. The number of nitrogens with zero attached hydrogens (tertiary/aromatic N) is 1. The molecule has 18 heavy (non-hydrogen) atoms. The Balaban J connectivity index is 2.02. The highest BCUT2D eigenvalue weighted by molar-refractivity contribution is 5.81. The minimum absolute atomic E-state index is 0.0180. The number of rotatable bonds is 7. The third-order valence-electron chi connectivity index (χ3n) is 3.21. The Kier molecular flexibility index (Phi) is 7.23. The van der Waals surface area contributed by atoms with E-state index in [-0.39, 0.29) is 11.9 Å². The molecule has 0 aliphatic carbocycles. The third kappa shape index (κ3) is 6.33. The van der Waals surface area contributed by atoms with E-state index in [9.17, 15) is 4.79 Å². The predicted molar refractivity (Wildman–Crippen MR) is 72.6 cm³/mol. The van der Waals surface area contributed by atoms with Crippen LogP contribution < -0.4 is 10.6 Å². The fraction of sp³-hybridized carbons (Fsp3) is 0.923. The number of carbonyl (C=O) groups excluding carboxylic acids is 1. The largest absolute Gasteiger partial charge is 0.378 e. The first-order valence-electron chi connectivity index (χ1n) is 6.83. The molecule has 1 rings (SSSR count). The van der Waals surface area contributed by atoms with E-state index < -0.39 is 0 Å². The van der Waals surface area contributed by atoms with Crippen molar-refractivity contribution in [3.63, 3.8) is 0 Å². The number of hydrogen-bond donors (Lipinski definition) is 2. The quantitative estimate of drug-likeness (QED) is 0.634. The van der Waals surface area contributed by atoms with Gasteiger partial charge in [0.05, 0.1) is 19.3 Å². The van der Waals surface area contributed by atoms with Crippen LogP contribution in [0.5, 0.6) is 0 Å². The van der Waals surface area contributed by atoms with Crippen LogP contribution in [0.1, 0.15) is 19.8 Å². The summed E-state index contributed by atoms with van der Waals surface area (Å²) in [6.07, 6.45) is 2.10. The van der Waals surface area contributed by atoms with E-state index in [1.165, 1.54) is 0 Å². The van der Waals surface area contributed by atoms with Crippen molar-refractivity contribution in [3.05, 3.63) is 0 Å². The van der Waals surface area contributed by atoms with Crippen LogP contribution in [0, 0.1) is 5.92 Å². The molecule has 0 aromatic heterocycles. The maximum Gasteiger partial charge on any atom is 0.237 e. The first kappa shape index (κ1) is 15.4. The van der Waals surface area contributed by atoms with Gasteiger partial charge in [0.15, 0.2) is 0 Å². The smallest absolute Gasteiger partial charge is 0.237 e. The van der Waals surface area contributed by atoms with Crippen LogP contribution in [0.3, 0.4) is 0 Å². The molecule has 0 bridgehead atoms. The van der Waals surface area contributed by atoms with Crippen molar-refractivity contribution in [1.29, 1.82) is 0 Å². The first-order chi connectivity index (χ1) is 8.59. The number of ether oxygens (including phenoxy) is 1. The second-order valence-corrected chi connectivity index (χ2v) is 5.34. The lowest BCUT2D eigenvalue weighted by atomic mass is 9.94. The fourth-order valence-corrected chi connectivity index (χ4v) is 2.03. The van der Waals surface area contributed by atoms with Gasteiger partial charge in [-0.3, -0.25) is 4.79 Å². The maximum atomic E-state index is 11.8. The van der Waals surface area contributed by atoms with Gasteiger partial charge in [-0.2, -0.15) is 0 Å². The third-order valence-corrected chi connectivity index (χ3v) is 3.21. The Morgan fingerprint density at radius 3 is 2.89 bits per heavy atom.